The van der Waals surface area contributed by atoms with Gasteiger partial charge in [0, 0.05) is 27.5 Å². The number of nitrogens with zero attached hydrogens (tertiary/aromatic N) is 4. The quantitative estimate of drug-likeness (QED) is 0.333. The first-order valence-electron chi connectivity index (χ1n) is 7.60. The first kappa shape index (κ1) is 17.2. The number of halogens is 3. The third kappa shape index (κ3) is 3.73. The van der Waals surface area contributed by atoms with E-state index in [1.54, 1.807) is 6.07 Å². The lowest BCUT2D eigenvalue weighted by atomic mass is 9.91. The van der Waals surface area contributed by atoms with E-state index >= 15 is 0 Å². The fourth-order valence-corrected chi connectivity index (χ4v) is 3.77. The molecule has 1 aliphatic heterocycles. The first-order valence-corrected chi connectivity index (χ1v) is 8.73. The zero-order chi connectivity index (χ0) is 17.1. The maximum absolute atomic E-state index is 8.76. The normalized spacial score (nSPS) is 20.5. The molecule has 0 spiro atoms. The summed E-state index contributed by atoms with van der Waals surface area (Å²) < 4.78 is 0. The Kier molecular flexibility index (Phi) is 5.42. The van der Waals surface area contributed by atoms with Gasteiger partial charge in [-0.15, -0.1) is 0 Å². The highest BCUT2D eigenvalue weighted by Gasteiger charge is 2.30. The van der Waals surface area contributed by atoms with Crippen LogP contribution in [-0.4, -0.2) is 12.6 Å². The van der Waals surface area contributed by atoms with Crippen molar-refractivity contribution < 1.29 is 0 Å². The SMILES string of the molecule is [N-]=[N+]=NC1CCN(c2ccc(Cl)cc2Cl)C(c2ccc(Cl)cc2)C1. The molecule has 24 heavy (non-hydrogen) atoms. The van der Waals surface area contributed by atoms with Crippen LogP contribution in [-0.2, 0) is 0 Å². The van der Waals surface area contributed by atoms with Gasteiger partial charge in [-0.3, -0.25) is 0 Å². The molecule has 2 aromatic rings. The Balaban J connectivity index is 1.99. The molecule has 2 aromatic carbocycles. The number of anilines is 1. The summed E-state index contributed by atoms with van der Waals surface area (Å²) in [5, 5.41) is 5.83. The van der Waals surface area contributed by atoms with Crippen LogP contribution >= 0.6 is 34.8 Å². The van der Waals surface area contributed by atoms with Crippen molar-refractivity contribution in [2.45, 2.75) is 24.9 Å². The van der Waals surface area contributed by atoms with E-state index in [4.69, 9.17) is 40.3 Å². The maximum atomic E-state index is 8.76. The summed E-state index contributed by atoms with van der Waals surface area (Å²) in [6, 6.07) is 13.3. The largest absolute Gasteiger partial charge is 0.363 e. The maximum Gasteiger partial charge on any atom is 0.0654 e. The molecule has 1 aliphatic rings. The van der Waals surface area contributed by atoms with Crippen molar-refractivity contribution in [1.82, 2.24) is 0 Å². The summed E-state index contributed by atoms with van der Waals surface area (Å²) in [5.74, 6) is 0. The summed E-state index contributed by atoms with van der Waals surface area (Å²) in [5.41, 5.74) is 10.8. The zero-order valence-electron chi connectivity index (χ0n) is 12.7. The fraction of sp³-hybridized carbons (Fsp3) is 0.294. The van der Waals surface area contributed by atoms with Crippen LogP contribution in [0.5, 0.6) is 0 Å². The minimum atomic E-state index is -0.0296. The Hall–Kier alpha value is -1.58. The molecule has 0 N–H and O–H groups in total. The highest BCUT2D eigenvalue weighted by atomic mass is 35.5. The topological polar surface area (TPSA) is 52.0 Å². The Bertz CT molecular complexity index is 772. The van der Waals surface area contributed by atoms with Crippen molar-refractivity contribution in [3.05, 3.63) is 73.5 Å². The van der Waals surface area contributed by atoms with Crippen LogP contribution in [0.15, 0.2) is 47.6 Å². The molecular weight excluding hydrogens is 367 g/mol. The molecule has 0 radical (unpaired) electrons. The summed E-state index contributed by atoms with van der Waals surface area (Å²) in [7, 11) is 0. The molecule has 0 amide bonds. The van der Waals surface area contributed by atoms with Gasteiger partial charge in [0.1, 0.15) is 0 Å². The number of benzene rings is 2. The lowest BCUT2D eigenvalue weighted by Gasteiger charge is -2.40. The second kappa shape index (κ2) is 7.54. The second-order valence-electron chi connectivity index (χ2n) is 5.74. The van der Waals surface area contributed by atoms with Crippen LogP contribution in [0, 0.1) is 0 Å². The van der Waals surface area contributed by atoms with Crippen molar-refractivity contribution >= 4 is 40.5 Å². The van der Waals surface area contributed by atoms with Gasteiger partial charge in [0.2, 0.25) is 0 Å². The minimum Gasteiger partial charge on any atom is -0.363 e. The Morgan fingerprint density at radius 3 is 2.42 bits per heavy atom. The number of azide groups is 1. The lowest BCUT2D eigenvalue weighted by molar-refractivity contribution is 0.419. The van der Waals surface area contributed by atoms with E-state index in [1.807, 2.05) is 36.4 Å². The fourth-order valence-electron chi connectivity index (χ4n) is 3.13. The number of piperidine rings is 1. The van der Waals surface area contributed by atoms with E-state index in [9.17, 15) is 0 Å². The van der Waals surface area contributed by atoms with E-state index in [2.05, 4.69) is 14.9 Å². The average Bonchev–Trinajstić information content (AvgIpc) is 2.56. The summed E-state index contributed by atoms with van der Waals surface area (Å²) >= 11 is 18.4. The van der Waals surface area contributed by atoms with Crippen LogP contribution in [0.1, 0.15) is 24.4 Å². The molecule has 2 atom stereocenters. The van der Waals surface area contributed by atoms with Gasteiger partial charge in [-0.2, -0.15) is 0 Å². The van der Waals surface area contributed by atoms with E-state index < -0.39 is 0 Å². The lowest BCUT2D eigenvalue weighted by Crippen LogP contribution is -2.38. The molecule has 4 nitrogen and oxygen atoms in total. The molecule has 0 aromatic heterocycles. The molecule has 3 rings (SSSR count). The first-order chi connectivity index (χ1) is 11.6. The molecule has 1 heterocycles. The Morgan fingerprint density at radius 1 is 1.04 bits per heavy atom. The number of rotatable bonds is 3. The second-order valence-corrected chi connectivity index (χ2v) is 7.02. The van der Waals surface area contributed by atoms with E-state index in [-0.39, 0.29) is 12.1 Å². The van der Waals surface area contributed by atoms with Crippen LogP contribution in [0.3, 0.4) is 0 Å². The number of hydrogen-bond donors (Lipinski definition) is 0. The highest BCUT2D eigenvalue weighted by Crippen LogP contribution is 2.40. The smallest absolute Gasteiger partial charge is 0.0654 e. The third-order valence-electron chi connectivity index (χ3n) is 4.26. The van der Waals surface area contributed by atoms with Crippen LogP contribution in [0.25, 0.3) is 10.4 Å². The molecule has 7 heteroatoms. The van der Waals surface area contributed by atoms with Crippen LogP contribution in [0.2, 0.25) is 15.1 Å². The highest BCUT2D eigenvalue weighted by molar-refractivity contribution is 6.36. The molecule has 0 saturated carbocycles. The zero-order valence-corrected chi connectivity index (χ0v) is 15.0. The molecule has 0 bridgehead atoms. The molecule has 2 unspecified atom stereocenters. The van der Waals surface area contributed by atoms with Crippen molar-refractivity contribution in [2.24, 2.45) is 5.11 Å². The van der Waals surface area contributed by atoms with Gasteiger partial charge in [-0.1, -0.05) is 52.0 Å². The van der Waals surface area contributed by atoms with Crippen LogP contribution < -0.4 is 4.90 Å². The van der Waals surface area contributed by atoms with Crippen molar-refractivity contribution in [2.75, 3.05) is 11.4 Å². The monoisotopic (exact) mass is 380 g/mol. The molecule has 0 aliphatic carbocycles. The summed E-state index contributed by atoms with van der Waals surface area (Å²) in [6.45, 7) is 0.748. The van der Waals surface area contributed by atoms with Gasteiger partial charge in [0.05, 0.1) is 16.8 Å². The average molecular weight is 382 g/mol. The van der Waals surface area contributed by atoms with Gasteiger partial charge >= 0.3 is 0 Å². The van der Waals surface area contributed by atoms with Gasteiger partial charge in [-0.05, 0) is 54.3 Å². The molecular formula is C17H15Cl3N4. The summed E-state index contributed by atoms with van der Waals surface area (Å²) in [6.07, 6.45) is 1.51. The molecule has 124 valence electrons. The van der Waals surface area contributed by atoms with Crippen LogP contribution in [0.4, 0.5) is 5.69 Å². The Labute approximate surface area is 155 Å². The minimum absolute atomic E-state index is 0.0296. The van der Waals surface area contributed by atoms with E-state index in [1.165, 1.54) is 0 Å². The summed E-state index contributed by atoms with van der Waals surface area (Å²) in [4.78, 5) is 5.21. The van der Waals surface area contributed by atoms with Gasteiger partial charge < -0.3 is 4.90 Å². The van der Waals surface area contributed by atoms with E-state index in [0.29, 0.717) is 15.1 Å². The molecule has 1 fully saturated rings. The number of hydrogen-bond acceptors (Lipinski definition) is 2. The van der Waals surface area contributed by atoms with Crippen molar-refractivity contribution in [1.29, 1.82) is 0 Å². The predicted octanol–water partition coefficient (Wildman–Crippen LogP) is 6.67. The third-order valence-corrected chi connectivity index (χ3v) is 5.05. The van der Waals surface area contributed by atoms with Crippen molar-refractivity contribution in [3.8, 4) is 0 Å². The predicted molar refractivity (Wildman–Crippen MR) is 100 cm³/mol. The van der Waals surface area contributed by atoms with Gasteiger partial charge in [0.15, 0.2) is 0 Å². The van der Waals surface area contributed by atoms with Gasteiger partial charge in [0.25, 0.3) is 0 Å². The molecule has 1 saturated heterocycles. The standard InChI is InChI=1S/C17H15Cl3N4/c18-12-3-1-11(2-4-12)17-10-14(22-23-21)7-8-24(17)16-6-5-13(19)9-15(16)20/h1-6,9,14,17H,7-8,10H2. The van der Waals surface area contributed by atoms with Gasteiger partial charge in [-0.25, -0.2) is 0 Å². The van der Waals surface area contributed by atoms with E-state index in [0.717, 1.165) is 30.6 Å². The Morgan fingerprint density at radius 2 is 1.75 bits per heavy atom. The van der Waals surface area contributed by atoms with Crippen molar-refractivity contribution in [3.63, 3.8) is 0 Å².